The molecule has 0 aliphatic carbocycles. The van der Waals surface area contributed by atoms with Crippen LogP contribution in [0.15, 0.2) is 36.7 Å². The van der Waals surface area contributed by atoms with Gasteiger partial charge in [0.25, 0.3) is 5.91 Å². The van der Waals surface area contributed by atoms with Crippen molar-refractivity contribution in [1.82, 2.24) is 24.7 Å². The van der Waals surface area contributed by atoms with Crippen LogP contribution in [0.1, 0.15) is 30.7 Å². The van der Waals surface area contributed by atoms with Gasteiger partial charge in [-0.2, -0.15) is 0 Å². The fourth-order valence-corrected chi connectivity index (χ4v) is 4.67. The van der Waals surface area contributed by atoms with E-state index in [4.69, 9.17) is 9.47 Å². The molecule has 2 fully saturated rings. The van der Waals surface area contributed by atoms with Gasteiger partial charge in [0.05, 0.1) is 20.2 Å². The van der Waals surface area contributed by atoms with Gasteiger partial charge in [-0.25, -0.2) is 9.78 Å². The smallest absolute Gasteiger partial charge is 0.327 e. The molecule has 1 aromatic heterocycles. The summed E-state index contributed by atoms with van der Waals surface area (Å²) in [6, 6.07) is 7.28. The Hall–Kier alpha value is -2.91. The maximum atomic E-state index is 13.7. The molecule has 2 aliphatic rings. The van der Waals surface area contributed by atoms with Crippen molar-refractivity contribution in [3.63, 3.8) is 0 Å². The van der Waals surface area contributed by atoms with Crippen molar-refractivity contribution in [1.29, 1.82) is 0 Å². The third-order valence-corrected chi connectivity index (χ3v) is 6.46. The lowest BCUT2D eigenvalue weighted by Crippen LogP contribution is -2.56. The highest BCUT2D eigenvalue weighted by Gasteiger charge is 2.57. The molecule has 3 heterocycles. The van der Waals surface area contributed by atoms with Crippen LogP contribution < -0.4 is 4.74 Å². The quantitative estimate of drug-likeness (QED) is 0.474. The van der Waals surface area contributed by atoms with E-state index >= 15 is 0 Å². The predicted molar refractivity (Wildman–Crippen MR) is 118 cm³/mol. The first-order valence-electron chi connectivity index (χ1n) is 11.0. The van der Waals surface area contributed by atoms with E-state index in [9.17, 15) is 9.59 Å². The molecule has 172 valence electrons. The Morgan fingerprint density at radius 2 is 1.84 bits per heavy atom. The number of carbonyl (C=O) groups excluding carboxylic acids is 2. The number of hydrogen-bond donors (Lipinski definition) is 1. The minimum atomic E-state index is -0.781. The van der Waals surface area contributed by atoms with Crippen LogP contribution in [0.3, 0.4) is 0 Å². The van der Waals surface area contributed by atoms with Crippen LogP contribution >= 0.6 is 0 Å². The number of imidazole rings is 1. The number of H-pyrrole nitrogens is 1. The van der Waals surface area contributed by atoms with Crippen LogP contribution in [0, 0.1) is 0 Å². The van der Waals surface area contributed by atoms with Crippen molar-refractivity contribution in [2.45, 2.75) is 37.9 Å². The molecule has 2 saturated heterocycles. The van der Waals surface area contributed by atoms with Gasteiger partial charge in [0.1, 0.15) is 17.1 Å². The lowest BCUT2D eigenvalue weighted by atomic mass is 9.85. The monoisotopic (exact) mass is 441 g/mol. The number of urea groups is 1. The first-order chi connectivity index (χ1) is 15.6. The minimum absolute atomic E-state index is 0.0895. The summed E-state index contributed by atoms with van der Waals surface area (Å²) in [7, 11) is 3.26. The third-order valence-electron chi connectivity index (χ3n) is 6.46. The van der Waals surface area contributed by atoms with Crippen molar-refractivity contribution in [2.24, 2.45) is 0 Å². The van der Waals surface area contributed by atoms with E-state index in [1.165, 1.54) is 4.90 Å². The molecule has 1 spiro atoms. The highest BCUT2D eigenvalue weighted by Crippen LogP contribution is 2.38. The molecule has 32 heavy (non-hydrogen) atoms. The Bertz CT molecular complexity index is 907. The fourth-order valence-electron chi connectivity index (χ4n) is 4.67. The van der Waals surface area contributed by atoms with Gasteiger partial charge >= 0.3 is 6.03 Å². The number of aromatic amines is 1. The second-order valence-electron chi connectivity index (χ2n) is 8.36. The van der Waals surface area contributed by atoms with Gasteiger partial charge in [0.15, 0.2) is 0 Å². The molecule has 1 aromatic carbocycles. The molecule has 0 saturated carbocycles. The minimum Gasteiger partial charge on any atom is -0.497 e. The number of ether oxygens (including phenoxy) is 2. The predicted octanol–water partition coefficient (Wildman–Crippen LogP) is 2.25. The second-order valence-corrected chi connectivity index (χ2v) is 8.36. The van der Waals surface area contributed by atoms with Crippen molar-refractivity contribution < 1.29 is 19.1 Å². The molecule has 9 heteroatoms. The zero-order chi connectivity index (χ0) is 22.6. The number of aromatic nitrogens is 2. The number of likely N-dealkylation sites (tertiary alicyclic amines) is 1. The third kappa shape index (κ3) is 4.35. The molecule has 4 rings (SSSR count). The van der Waals surface area contributed by atoms with Crippen LogP contribution in [-0.4, -0.2) is 82.6 Å². The Morgan fingerprint density at radius 3 is 2.47 bits per heavy atom. The summed E-state index contributed by atoms with van der Waals surface area (Å²) in [5, 5.41) is 0. The second kappa shape index (κ2) is 9.70. The van der Waals surface area contributed by atoms with Crippen molar-refractivity contribution in [3.8, 4) is 5.75 Å². The summed E-state index contributed by atoms with van der Waals surface area (Å²) in [4.78, 5) is 40.0. The van der Waals surface area contributed by atoms with E-state index in [0.29, 0.717) is 39.0 Å². The average molecular weight is 442 g/mol. The summed E-state index contributed by atoms with van der Waals surface area (Å²) in [5.41, 5.74) is 0.119. The number of hydrogen-bond acceptors (Lipinski definition) is 6. The number of nitrogens with zero attached hydrogens (tertiary/aromatic N) is 4. The van der Waals surface area contributed by atoms with Gasteiger partial charge in [0, 0.05) is 45.7 Å². The van der Waals surface area contributed by atoms with Gasteiger partial charge in [-0.1, -0.05) is 12.1 Å². The Balaban J connectivity index is 1.50. The van der Waals surface area contributed by atoms with Crippen LogP contribution in [0.2, 0.25) is 0 Å². The Labute approximate surface area is 188 Å². The zero-order valence-corrected chi connectivity index (χ0v) is 18.7. The van der Waals surface area contributed by atoms with Crippen molar-refractivity contribution in [3.05, 3.63) is 48.0 Å². The molecule has 1 N–H and O–H groups in total. The number of carbonyl (C=O) groups is 2. The molecule has 9 nitrogen and oxygen atoms in total. The van der Waals surface area contributed by atoms with Crippen LogP contribution in [-0.2, 0) is 22.6 Å². The topological polar surface area (TPSA) is 91.0 Å². The summed E-state index contributed by atoms with van der Waals surface area (Å²) in [5.74, 6) is 1.57. The number of amides is 3. The first kappa shape index (κ1) is 22.3. The fraction of sp³-hybridized carbons (Fsp3) is 0.522. The molecule has 0 atom stereocenters. The van der Waals surface area contributed by atoms with Crippen LogP contribution in [0.25, 0.3) is 0 Å². The number of methoxy groups -OCH3 is 2. The summed E-state index contributed by atoms with van der Waals surface area (Å²) >= 11 is 0. The van der Waals surface area contributed by atoms with E-state index in [0.717, 1.165) is 30.2 Å². The van der Waals surface area contributed by atoms with Gasteiger partial charge in [-0.15, -0.1) is 0 Å². The van der Waals surface area contributed by atoms with E-state index in [2.05, 4.69) is 14.9 Å². The summed E-state index contributed by atoms with van der Waals surface area (Å²) in [6.07, 6.45) is 5.49. The molecule has 0 radical (unpaired) electrons. The first-order valence-corrected chi connectivity index (χ1v) is 11.0. The number of rotatable bonds is 9. The van der Waals surface area contributed by atoms with Crippen molar-refractivity contribution in [2.75, 3.05) is 40.5 Å². The molecule has 0 unspecified atom stereocenters. The van der Waals surface area contributed by atoms with Crippen LogP contribution in [0.5, 0.6) is 5.75 Å². The number of piperidine rings is 1. The zero-order valence-electron chi connectivity index (χ0n) is 18.7. The lowest BCUT2D eigenvalue weighted by molar-refractivity contribution is -0.136. The van der Waals surface area contributed by atoms with Gasteiger partial charge < -0.3 is 19.4 Å². The molecular formula is C23H31N5O4. The molecule has 3 amide bonds. The lowest BCUT2D eigenvalue weighted by Gasteiger charge is -2.42. The number of benzene rings is 1. The maximum Gasteiger partial charge on any atom is 0.327 e. The van der Waals surface area contributed by atoms with Crippen molar-refractivity contribution >= 4 is 11.9 Å². The van der Waals surface area contributed by atoms with Crippen LogP contribution in [0.4, 0.5) is 4.79 Å². The molecule has 2 aliphatic heterocycles. The summed E-state index contributed by atoms with van der Waals surface area (Å²) < 4.78 is 10.4. The molecule has 2 aromatic rings. The largest absolute Gasteiger partial charge is 0.497 e. The van der Waals surface area contributed by atoms with E-state index in [-0.39, 0.29) is 18.5 Å². The normalized spacial score (nSPS) is 18.7. The van der Waals surface area contributed by atoms with Gasteiger partial charge in [-0.05, 0) is 37.0 Å². The van der Waals surface area contributed by atoms with E-state index in [1.54, 1.807) is 25.3 Å². The Morgan fingerprint density at radius 1 is 1.09 bits per heavy atom. The average Bonchev–Trinajstić information content (AvgIpc) is 3.39. The highest BCUT2D eigenvalue weighted by atomic mass is 16.5. The Kier molecular flexibility index (Phi) is 6.76. The molecular weight excluding hydrogens is 410 g/mol. The van der Waals surface area contributed by atoms with Gasteiger partial charge in [0.2, 0.25) is 0 Å². The standard InChI is InChI=1S/C23H31N5O4/c1-31-15-3-12-28-22(30)27(16-18-4-6-19(32-2)7-5-18)21(29)23(28)8-13-26(14-9-23)17-20-24-10-11-25-20/h4-7,10-11H,3,8-9,12-17H2,1-2H3,(H,24,25). The molecule has 0 bridgehead atoms. The number of imide groups is 1. The maximum absolute atomic E-state index is 13.7. The summed E-state index contributed by atoms with van der Waals surface area (Å²) in [6.45, 7) is 3.51. The highest BCUT2D eigenvalue weighted by molar-refractivity contribution is 6.07. The van der Waals surface area contributed by atoms with E-state index in [1.807, 2.05) is 30.5 Å². The SMILES string of the molecule is COCCCN1C(=O)N(Cc2ccc(OC)cc2)C(=O)C12CCN(Cc1ncc[nH]1)CC2. The number of nitrogens with one attached hydrogen (secondary N) is 1. The van der Waals surface area contributed by atoms with Gasteiger partial charge in [-0.3, -0.25) is 14.6 Å². The van der Waals surface area contributed by atoms with E-state index < -0.39 is 5.54 Å².